The van der Waals surface area contributed by atoms with Crippen LogP contribution in [-0.4, -0.2) is 23.6 Å². The van der Waals surface area contributed by atoms with Crippen molar-refractivity contribution in [2.24, 2.45) is 0 Å². The normalized spacial score (nSPS) is 19.3. The van der Waals surface area contributed by atoms with Crippen LogP contribution in [0.5, 0.6) is 11.5 Å². The number of hydrogen-bond donors (Lipinski definition) is 1. The van der Waals surface area contributed by atoms with Gasteiger partial charge in [-0.15, -0.1) is 11.3 Å². The number of thiophene rings is 1. The molecule has 3 aromatic rings. The van der Waals surface area contributed by atoms with Crippen LogP contribution < -0.4 is 14.4 Å². The third-order valence-corrected chi connectivity index (χ3v) is 6.49. The number of amides is 1. The maximum Gasteiger partial charge on any atom is 0.264 e. The van der Waals surface area contributed by atoms with Crippen LogP contribution in [0.15, 0.2) is 54.6 Å². The summed E-state index contributed by atoms with van der Waals surface area (Å²) in [5, 5.41) is 11.4. The fourth-order valence-electron chi connectivity index (χ4n) is 3.96. The molecule has 152 valence electrons. The third-order valence-electron chi connectivity index (χ3n) is 5.45. The number of anilines is 1. The summed E-state index contributed by atoms with van der Waals surface area (Å²) in [5.41, 5.74) is 0.0177. The second-order valence-corrected chi connectivity index (χ2v) is 8.75. The van der Waals surface area contributed by atoms with Crippen molar-refractivity contribution < 1.29 is 24.2 Å². The molecule has 0 fully saturated rings. The van der Waals surface area contributed by atoms with Gasteiger partial charge in [0.05, 0.1) is 23.5 Å². The van der Waals surface area contributed by atoms with Crippen LogP contribution in [-0.2, 0) is 16.9 Å². The summed E-state index contributed by atoms with van der Waals surface area (Å²) in [6.45, 7) is 2.34. The first-order valence-corrected chi connectivity index (χ1v) is 10.4. The number of aryl methyl sites for hydroxylation is 1. The lowest BCUT2D eigenvalue weighted by atomic mass is 9.89. The zero-order valence-electron chi connectivity index (χ0n) is 16.3. The minimum atomic E-state index is -1.89. The van der Waals surface area contributed by atoms with Gasteiger partial charge in [-0.3, -0.25) is 9.59 Å². The Balaban J connectivity index is 1.47. The third kappa shape index (κ3) is 2.98. The molecular formula is C23H19NO5S. The summed E-state index contributed by atoms with van der Waals surface area (Å²) in [5.74, 6) is 0.554. The molecule has 0 saturated carbocycles. The van der Waals surface area contributed by atoms with Gasteiger partial charge in [-0.2, -0.15) is 0 Å². The highest BCUT2D eigenvalue weighted by Gasteiger charge is 2.50. The summed E-state index contributed by atoms with van der Waals surface area (Å²) in [6, 6.07) is 16.2. The maximum absolute atomic E-state index is 13.4. The number of ether oxygens (including phenoxy) is 2. The van der Waals surface area contributed by atoms with E-state index < -0.39 is 11.5 Å². The van der Waals surface area contributed by atoms with Crippen molar-refractivity contribution in [2.45, 2.75) is 25.5 Å². The average Bonchev–Trinajstić information content (AvgIpc) is 3.43. The molecule has 2 aliphatic rings. The zero-order valence-corrected chi connectivity index (χ0v) is 17.1. The molecular weight excluding hydrogens is 402 g/mol. The summed E-state index contributed by atoms with van der Waals surface area (Å²) in [6.07, 6.45) is -0.291. The van der Waals surface area contributed by atoms with Crippen molar-refractivity contribution in [1.82, 2.24) is 0 Å². The summed E-state index contributed by atoms with van der Waals surface area (Å²) < 4.78 is 10.8. The van der Waals surface area contributed by atoms with E-state index in [1.54, 1.807) is 30.3 Å². The second kappa shape index (κ2) is 6.97. The van der Waals surface area contributed by atoms with E-state index in [1.165, 1.54) is 16.2 Å². The highest BCUT2D eigenvalue weighted by Crippen LogP contribution is 2.44. The Morgan fingerprint density at radius 1 is 1.13 bits per heavy atom. The molecule has 0 radical (unpaired) electrons. The summed E-state index contributed by atoms with van der Waals surface area (Å²) in [4.78, 5) is 29.3. The molecule has 2 aliphatic heterocycles. The van der Waals surface area contributed by atoms with Crippen molar-refractivity contribution in [3.8, 4) is 11.5 Å². The van der Waals surface area contributed by atoms with Crippen molar-refractivity contribution >= 4 is 28.7 Å². The number of para-hydroxylation sites is 1. The monoisotopic (exact) mass is 421 g/mol. The van der Waals surface area contributed by atoms with Gasteiger partial charge < -0.3 is 19.5 Å². The van der Waals surface area contributed by atoms with Gasteiger partial charge >= 0.3 is 0 Å². The molecule has 0 bridgehead atoms. The molecule has 3 heterocycles. The van der Waals surface area contributed by atoms with Gasteiger partial charge in [0, 0.05) is 10.4 Å². The topological polar surface area (TPSA) is 76.1 Å². The van der Waals surface area contributed by atoms with E-state index in [9.17, 15) is 14.7 Å². The molecule has 30 heavy (non-hydrogen) atoms. The van der Waals surface area contributed by atoms with Crippen molar-refractivity contribution in [1.29, 1.82) is 0 Å². The molecule has 1 atom stereocenters. The molecule has 0 spiro atoms. The highest BCUT2D eigenvalue weighted by atomic mass is 32.1. The lowest BCUT2D eigenvalue weighted by Gasteiger charge is -2.22. The minimum absolute atomic E-state index is 0.175. The van der Waals surface area contributed by atoms with Gasteiger partial charge in [-0.25, -0.2) is 0 Å². The molecule has 6 nitrogen and oxygen atoms in total. The first-order valence-electron chi connectivity index (χ1n) is 9.58. The van der Waals surface area contributed by atoms with Gasteiger partial charge in [-0.1, -0.05) is 24.3 Å². The predicted octanol–water partition coefficient (Wildman–Crippen LogP) is 3.79. The molecule has 0 unspecified atom stereocenters. The molecule has 0 aliphatic carbocycles. The van der Waals surface area contributed by atoms with Crippen molar-refractivity contribution in [2.75, 3.05) is 11.7 Å². The van der Waals surface area contributed by atoms with Crippen LogP contribution in [0.4, 0.5) is 5.69 Å². The Morgan fingerprint density at radius 3 is 2.73 bits per heavy atom. The van der Waals surface area contributed by atoms with Gasteiger partial charge in [-0.05, 0) is 42.8 Å². The van der Waals surface area contributed by atoms with Crippen LogP contribution in [0.25, 0.3) is 0 Å². The molecule has 0 saturated heterocycles. The van der Waals surface area contributed by atoms with E-state index in [2.05, 4.69) is 0 Å². The Hall–Kier alpha value is -3.16. The second-order valence-electron chi connectivity index (χ2n) is 7.47. The summed E-state index contributed by atoms with van der Waals surface area (Å²) in [7, 11) is 0. The van der Waals surface area contributed by atoms with Crippen molar-refractivity contribution in [3.05, 3.63) is 75.5 Å². The van der Waals surface area contributed by atoms with Crippen LogP contribution in [0.2, 0.25) is 0 Å². The predicted molar refractivity (Wildman–Crippen MR) is 112 cm³/mol. The van der Waals surface area contributed by atoms with E-state index in [4.69, 9.17) is 9.47 Å². The zero-order chi connectivity index (χ0) is 20.9. The van der Waals surface area contributed by atoms with E-state index in [0.29, 0.717) is 27.6 Å². The van der Waals surface area contributed by atoms with Gasteiger partial charge in [0.1, 0.15) is 0 Å². The quantitative estimate of drug-likeness (QED) is 0.635. The van der Waals surface area contributed by atoms with Gasteiger partial charge in [0.2, 0.25) is 6.79 Å². The summed E-state index contributed by atoms with van der Waals surface area (Å²) >= 11 is 1.36. The number of carbonyl (C=O) groups is 2. The van der Waals surface area contributed by atoms with Crippen molar-refractivity contribution in [3.63, 3.8) is 0 Å². The Morgan fingerprint density at radius 2 is 1.93 bits per heavy atom. The molecule has 1 aromatic heterocycles. The van der Waals surface area contributed by atoms with E-state index >= 15 is 0 Å². The fourth-order valence-corrected chi connectivity index (χ4v) is 4.77. The van der Waals surface area contributed by atoms with E-state index in [1.807, 2.05) is 31.2 Å². The number of rotatable bonds is 5. The SMILES string of the molecule is Cc1ccc(C(=O)C[C@]2(O)C(=O)N(Cc3ccc4c(c3)OCO4)c3ccccc32)s1. The number of fused-ring (bicyclic) bond motifs is 2. The highest BCUT2D eigenvalue weighted by molar-refractivity contribution is 7.14. The maximum atomic E-state index is 13.4. The average molecular weight is 421 g/mol. The Labute approximate surface area is 177 Å². The molecule has 5 rings (SSSR count). The first kappa shape index (κ1) is 18.8. The largest absolute Gasteiger partial charge is 0.454 e. The minimum Gasteiger partial charge on any atom is -0.454 e. The van der Waals surface area contributed by atoms with E-state index in [-0.39, 0.29) is 25.5 Å². The molecule has 1 amide bonds. The number of nitrogens with zero attached hydrogens (tertiary/aromatic N) is 1. The van der Waals surface area contributed by atoms with Crippen LogP contribution in [0.1, 0.15) is 32.1 Å². The Kier molecular flexibility index (Phi) is 4.38. The van der Waals surface area contributed by atoms with Crippen LogP contribution in [0, 0.1) is 6.92 Å². The van der Waals surface area contributed by atoms with E-state index in [0.717, 1.165) is 10.4 Å². The number of hydrogen-bond acceptors (Lipinski definition) is 6. The van der Waals surface area contributed by atoms with Crippen LogP contribution >= 0.6 is 11.3 Å². The lowest BCUT2D eigenvalue weighted by Crippen LogP contribution is -2.41. The number of ketones is 1. The fraction of sp³-hybridized carbons (Fsp3) is 0.217. The standard InChI is InChI=1S/C23H19NO5S/c1-14-6-9-21(30-14)18(25)11-23(27)16-4-2-3-5-17(16)24(22(23)26)12-15-7-8-19-20(10-15)29-13-28-19/h2-10,27H,11-13H2,1H3/t23-/m1/s1. The first-order chi connectivity index (χ1) is 14.5. The van der Waals surface area contributed by atoms with Gasteiger partial charge in [0.15, 0.2) is 22.9 Å². The number of aliphatic hydroxyl groups is 1. The van der Waals surface area contributed by atoms with Crippen LogP contribution in [0.3, 0.4) is 0 Å². The smallest absolute Gasteiger partial charge is 0.264 e. The number of Topliss-reactive ketones (excluding diaryl/α,β-unsaturated/α-hetero) is 1. The number of benzene rings is 2. The molecule has 2 aromatic carbocycles. The Bertz CT molecular complexity index is 1170. The molecule has 1 N–H and O–H groups in total. The number of carbonyl (C=O) groups excluding carboxylic acids is 2. The lowest BCUT2D eigenvalue weighted by molar-refractivity contribution is -0.136. The van der Waals surface area contributed by atoms with Gasteiger partial charge in [0.25, 0.3) is 5.91 Å². The molecule has 7 heteroatoms.